The molecule has 0 fully saturated rings. The van der Waals surface area contributed by atoms with Crippen molar-refractivity contribution >= 4 is 33.1 Å². The van der Waals surface area contributed by atoms with Gasteiger partial charge in [-0.25, -0.2) is 4.79 Å². The fourth-order valence-corrected chi connectivity index (χ4v) is 2.43. The van der Waals surface area contributed by atoms with Crippen LogP contribution in [0.4, 0.5) is 5.69 Å². The molecule has 0 aliphatic carbocycles. The van der Waals surface area contributed by atoms with Crippen molar-refractivity contribution in [2.75, 3.05) is 6.61 Å². The predicted octanol–water partition coefficient (Wildman–Crippen LogP) is 2.99. The lowest BCUT2D eigenvalue weighted by Gasteiger charge is -1.95. The molecular formula is C11H9NO4S. The van der Waals surface area contributed by atoms with Crippen molar-refractivity contribution in [2.24, 2.45) is 0 Å². The minimum absolute atomic E-state index is 0.0229. The number of carbonyl (C=O) groups is 1. The fourth-order valence-electron chi connectivity index (χ4n) is 1.44. The second kappa shape index (κ2) is 4.50. The third kappa shape index (κ3) is 2.26. The Labute approximate surface area is 101 Å². The number of hydrogen-bond donors (Lipinski definition) is 0. The van der Waals surface area contributed by atoms with Crippen LogP contribution in [0.3, 0.4) is 0 Å². The van der Waals surface area contributed by atoms with Gasteiger partial charge in [0, 0.05) is 16.8 Å². The highest BCUT2D eigenvalue weighted by Gasteiger charge is 2.13. The molecule has 0 N–H and O–H groups in total. The number of nitro benzene ring substituents is 1. The van der Waals surface area contributed by atoms with Crippen LogP contribution in [0, 0.1) is 10.1 Å². The average Bonchev–Trinajstić information content (AvgIpc) is 2.71. The highest BCUT2D eigenvalue weighted by molar-refractivity contribution is 7.20. The molecule has 0 atom stereocenters. The lowest BCUT2D eigenvalue weighted by molar-refractivity contribution is -0.384. The molecule has 0 saturated heterocycles. The van der Waals surface area contributed by atoms with E-state index in [1.807, 2.05) is 0 Å². The number of rotatable bonds is 3. The second-order valence-electron chi connectivity index (χ2n) is 3.31. The van der Waals surface area contributed by atoms with Gasteiger partial charge in [0.05, 0.1) is 11.5 Å². The van der Waals surface area contributed by atoms with Crippen molar-refractivity contribution in [1.29, 1.82) is 0 Å². The van der Waals surface area contributed by atoms with Gasteiger partial charge in [0.15, 0.2) is 0 Å². The molecule has 0 spiro atoms. The monoisotopic (exact) mass is 251 g/mol. The Kier molecular flexibility index (Phi) is 3.06. The topological polar surface area (TPSA) is 69.4 Å². The summed E-state index contributed by atoms with van der Waals surface area (Å²) >= 11 is 1.20. The van der Waals surface area contributed by atoms with Gasteiger partial charge in [0.2, 0.25) is 0 Å². The molecule has 2 rings (SSSR count). The van der Waals surface area contributed by atoms with E-state index < -0.39 is 10.9 Å². The van der Waals surface area contributed by atoms with Crippen molar-refractivity contribution in [2.45, 2.75) is 6.92 Å². The van der Waals surface area contributed by atoms with E-state index in [0.29, 0.717) is 16.2 Å². The number of benzene rings is 1. The van der Waals surface area contributed by atoms with Crippen LogP contribution >= 0.6 is 11.3 Å². The minimum atomic E-state index is -0.455. The largest absolute Gasteiger partial charge is 0.462 e. The lowest BCUT2D eigenvalue weighted by atomic mass is 10.2. The van der Waals surface area contributed by atoms with Crippen molar-refractivity contribution < 1.29 is 14.5 Å². The lowest BCUT2D eigenvalue weighted by Crippen LogP contribution is -2.01. The Morgan fingerprint density at radius 3 is 2.88 bits per heavy atom. The Balaban J connectivity index is 2.43. The maximum atomic E-state index is 11.5. The zero-order chi connectivity index (χ0) is 12.4. The SMILES string of the molecule is CCOC(=O)c1cc2ccc([N+](=O)[O-])cc2s1. The molecule has 1 aromatic heterocycles. The zero-order valence-corrected chi connectivity index (χ0v) is 9.82. The molecule has 17 heavy (non-hydrogen) atoms. The summed E-state index contributed by atoms with van der Waals surface area (Å²) in [5.74, 6) is -0.392. The summed E-state index contributed by atoms with van der Waals surface area (Å²) < 4.78 is 5.58. The van der Waals surface area contributed by atoms with E-state index in [0.717, 1.165) is 5.39 Å². The molecular weight excluding hydrogens is 242 g/mol. The zero-order valence-electron chi connectivity index (χ0n) is 9.00. The van der Waals surface area contributed by atoms with Gasteiger partial charge in [0.1, 0.15) is 4.88 Å². The number of nitrogens with zero attached hydrogens (tertiary/aromatic N) is 1. The Hall–Kier alpha value is -1.95. The molecule has 0 saturated carbocycles. The van der Waals surface area contributed by atoms with E-state index >= 15 is 0 Å². The van der Waals surface area contributed by atoms with Crippen molar-refractivity contribution in [3.05, 3.63) is 39.3 Å². The number of fused-ring (bicyclic) bond motifs is 1. The Morgan fingerprint density at radius 2 is 2.24 bits per heavy atom. The molecule has 2 aromatic rings. The second-order valence-corrected chi connectivity index (χ2v) is 4.39. The summed E-state index contributed by atoms with van der Waals surface area (Å²) in [5, 5.41) is 11.4. The summed E-state index contributed by atoms with van der Waals surface area (Å²) in [6.07, 6.45) is 0. The molecule has 0 aliphatic rings. The van der Waals surface area contributed by atoms with Crippen LogP contribution in [-0.2, 0) is 4.74 Å². The number of nitro groups is 1. The summed E-state index contributed by atoms with van der Waals surface area (Å²) in [7, 11) is 0. The van der Waals surface area contributed by atoms with Gasteiger partial charge in [0.25, 0.3) is 5.69 Å². The van der Waals surface area contributed by atoms with Crippen LogP contribution in [0.1, 0.15) is 16.6 Å². The van der Waals surface area contributed by atoms with Gasteiger partial charge in [-0.05, 0) is 24.4 Å². The van der Waals surface area contributed by atoms with Crippen molar-refractivity contribution in [1.82, 2.24) is 0 Å². The number of carbonyl (C=O) groups excluding carboxylic acids is 1. The van der Waals surface area contributed by atoms with E-state index in [9.17, 15) is 14.9 Å². The fraction of sp³-hybridized carbons (Fsp3) is 0.182. The van der Waals surface area contributed by atoms with Gasteiger partial charge in [-0.15, -0.1) is 11.3 Å². The van der Waals surface area contributed by atoms with Crippen molar-refractivity contribution in [3.8, 4) is 0 Å². The molecule has 0 radical (unpaired) electrons. The van der Waals surface area contributed by atoms with Crippen LogP contribution < -0.4 is 0 Å². The molecule has 0 unspecified atom stereocenters. The van der Waals surface area contributed by atoms with E-state index in [1.165, 1.54) is 23.5 Å². The minimum Gasteiger partial charge on any atom is -0.462 e. The van der Waals surface area contributed by atoms with Crippen LogP contribution in [0.15, 0.2) is 24.3 Å². The maximum Gasteiger partial charge on any atom is 0.348 e. The first-order chi connectivity index (χ1) is 8.11. The van der Waals surface area contributed by atoms with Gasteiger partial charge >= 0.3 is 5.97 Å². The van der Waals surface area contributed by atoms with Crippen LogP contribution in [0.5, 0.6) is 0 Å². The Bertz CT molecular complexity index is 590. The molecule has 0 amide bonds. The standard InChI is InChI=1S/C11H9NO4S/c1-2-16-11(13)10-5-7-3-4-8(12(14)15)6-9(7)17-10/h3-6H,2H2,1H3. The average molecular weight is 251 g/mol. The summed E-state index contributed by atoms with van der Waals surface area (Å²) in [6.45, 7) is 2.04. The third-order valence-electron chi connectivity index (χ3n) is 2.19. The summed E-state index contributed by atoms with van der Waals surface area (Å²) in [4.78, 5) is 22.1. The molecule has 1 heterocycles. The predicted molar refractivity (Wildman–Crippen MR) is 64.4 cm³/mol. The number of esters is 1. The smallest absolute Gasteiger partial charge is 0.348 e. The van der Waals surface area contributed by atoms with Gasteiger partial charge in [-0.1, -0.05) is 0 Å². The van der Waals surface area contributed by atoms with Gasteiger partial charge < -0.3 is 4.74 Å². The maximum absolute atomic E-state index is 11.5. The Morgan fingerprint density at radius 1 is 1.47 bits per heavy atom. The molecule has 6 heteroatoms. The van der Waals surface area contributed by atoms with Gasteiger partial charge in [-0.3, -0.25) is 10.1 Å². The highest BCUT2D eigenvalue weighted by atomic mass is 32.1. The molecule has 5 nitrogen and oxygen atoms in total. The van der Waals surface area contributed by atoms with Crippen LogP contribution in [0.2, 0.25) is 0 Å². The first-order valence-electron chi connectivity index (χ1n) is 4.97. The normalized spacial score (nSPS) is 10.4. The number of non-ortho nitro benzene ring substituents is 1. The van der Waals surface area contributed by atoms with E-state index in [-0.39, 0.29) is 5.69 Å². The molecule has 0 bridgehead atoms. The molecule has 1 aromatic carbocycles. The van der Waals surface area contributed by atoms with Gasteiger partial charge in [-0.2, -0.15) is 0 Å². The summed E-state index contributed by atoms with van der Waals surface area (Å²) in [6, 6.07) is 6.20. The van der Waals surface area contributed by atoms with Crippen LogP contribution in [-0.4, -0.2) is 17.5 Å². The van der Waals surface area contributed by atoms with Crippen LogP contribution in [0.25, 0.3) is 10.1 Å². The van der Waals surface area contributed by atoms with E-state index in [4.69, 9.17) is 4.74 Å². The number of thiophene rings is 1. The molecule has 0 aliphatic heterocycles. The quantitative estimate of drug-likeness (QED) is 0.477. The highest BCUT2D eigenvalue weighted by Crippen LogP contribution is 2.29. The molecule has 88 valence electrons. The third-order valence-corrected chi connectivity index (χ3v) is 3.27. The van der Waals surface area contributed by atoms with Crippen molar-refractivity contribution in [3.63, 3.8) is 0 Å². The number of ether oxygens (including phenoxy) is 1. The first-order valence-corrected chi connectivity index (χ1v) is 5.78. The first kappa shape index (κ1) is 11.5. The number of hydrogen-bond acceptors (Lipinski definition) is 5. The van der Waals surface area contributed by atoms with E-state index in [1.54, 1.807) is 19.1 Å². The summed E-state index contributed by atoms with van der Waals surface area (Å²) in [5.41, 5.74) is 0.0229. The van der Waals surface area contributed by atoms with E-state index in [2.05, 4.69) is 0 Å².